The van der Waals surface area contributed by atoms with Gasteiger partial charge in [-0.3, -0.25) is 4.79 Å². The van der Waals surface area contributed by atoms with Crippen molar-refractivity contribution in [3.8, 4) is 5.75 Å². The summed E-state index contributed by atoms with van der Waals surface area (Å²) in [6.45, 7) is 1.65. The molecule has 20 heavy (non-hydrogen) atoms. The van der Waals surface area contributed by atoms with Crippen molar-refractivity contribution in [1.82, 2.24) is 0 Å². The number of aliphatic carboxylic acids is 1. The third-order valence-electron chi connectivity index (χ3n) is 2.98. The molecule has 2 rings (SSSR count). The molecule has 2 N–H and O–H groups in total. The first-order chi connectivity index (χ1) is 9.39. The molecule has 1 aliphatic heterocycles. The Morgan fingerprint density at radius 3 is 2.75 bits per heavy atom. The van der Waals surface area contributed by atoms with E-state index in [1.54, 1.807) is 6.92 Å². The standard InChI is InChI=1S/C12H14N2O5S/c1-3-8(12(15)16)11-13-9-6-7(19-2)4-5-10(9)20(17,18)14-11/h4-6,8H,3H2,1-2H3,(H,13,14)(H,15,16). The molecule has 1 atom stereocenters. The maximum Gasteiger partial charge on any atom is 0.314 e. The molecule has 0 spiro atoms. The maximum absolute atomic E-state index is 12.1. The van der Waals surface area contributed by atoms with Crippen LogP contribution in [0.1, 0.15) is 13.3 Å². The maximum atomic E-state index is 12.1. The average molecular weight is 298 g/mol. The molecule has 1 heterocycles. The van der Waals surface area contributed by atoms with Gasteiger partial charge in [0, 0.05) is 6.07 Å². The number of ether oxygens (including phenoxy) is 1. The van der Waals surface area contributed by atoms with Crippen molar-refractivity contribution in [3.05, 3.63) is 18.2 Å². The molecule has 0 amide bonds. The van der Waals surface area contributed by atoms with Gasteiger partial charge < -0.3 is 15.2 Å². The number of carbonyl (C=O) groups is 1. The smallest absolute Gasteiger partial charge is 0.314 e. The van der Waals surface area contributed by atoms with Crippen LogP contribution in [-0.4, -0.2) is 32.4 Å². The van der Waals surface area contributed by atoms with Crippen molar-refractivity contribution in [2.45, 2.75) is 18.2 Å². The minimum absolute atomic E-state index is 0.00212. The second-order valence-electron chi connectivity index (χ2n) is 4.24. The second kappa shape index (κ2) is 5.12. The van der Waals surface area contributed by atoms with Crippen LogP contribution in [0, 0.1) is 5.92 Å². The van der Waals surface area contributed by atoms with Crippen molar-refractivity contribution in [2.24, 2.45) is 10.3 Å². The van der Waals surface area contributed by atoms with Crippen LogP contribution in [0.3, 0.4) is 0 Å². The zero-order valence-electron chi connectivity index (χ0n) is 11.0. The summed E-state index contributed by atoms with van der Waals surface area (Å²) < 4.78 is 32.7. The zero-order valence-corrected chi connectivity index (χ0v) is 11.8. The second-order valence-corrected chi connectivity index (χ2v) is 5.81. The molecule has 0 saturated carbocycles. The molecule has 1 aromatic rings. The molecule has 0 aromatic heterocycles. The first-order valence-corrected chi connectivity index (χ1v) is 7.35. The van der Waals surface area contributed by atoms with Gasteiger partial charge >= 0.3 is 5.97 Å². The fourth-order valence-corrected chi connectivity index (χ4v) is 3.09. The van der Waals surface area contributed by atoms with E-state index in [4.69, 9.17) is 9.84 Å². The number of anilines is 1. The van der Waals surface area contributed by atoms with Gasteiger partial charge in [0.25, 0.3) is 10.0 Å². The van der Waals surface area contributed by atoms with Gasteiger partial charge in [0.1, 0.15) is 22.4 Å². The highest BCUT2D eigenvalue weighted by atomic mass is 32.2. The molecule has 0 fully saturated rings. The molecule has 8 heteroatoms. The lowest BCUT2D eigenvalue weighted by atomic mass is 10.1. The number of hydrogen-bond donors (Lipinski definition) is 2. The number of amidine groups is 1. The molecule has 0 radical (unpaired) electrons. The lowest BCUT2D eigenvalue weighted by Gasteiger charge is -2.21. The SMILES string of the molecule is CCC(C(=O)O)C1=NS(=O)(=O)c2ccc(OC)cc2N1. The summed E-state index contributed by atoms with van der Waals surface area (Å²) >= 11 is 0. The van der Waals surface area contributed by atoms with Gasteiger partial charge in [-0.05, 0) is 18.6 Å². The van der Waals surface area contributed by atoms with E-state index in [0.29, 0.717) is 5.75 Å². The first-order valence-electron chi connectivity index (χ1n) is 5.91. The Balaban J connectivity index is 2.52. The van der Waals surface area contributed by atoms with Crippen LogP contribution >= 0.6 is 0 Å². The fourth-order valence-electron chi connectivity index (χ4n) is 1.93. The summed E-state index contributed by atoms with van der Waals surface area (Å²) in [5, 5.41) is 11.9. The summed E-state index contributed by atoms with van der Waals surface area (Å²) in [7, 11) is -2.44. The number of sulfonamides is 1. The molecule has 7 nitrogen and oxygen atoms in total. The summed E-state index contributed by atoms with van der Waals surface area (Å²) in [4.78, 5) is 11.1. The molecule has 108 valence electrons. The van der Waals surface area contributed by atoms with Crippen LogP contribution in [-0.2, 0) is 14.8 Å². The molecule has 1 aromatic carbocycles. The quantitative estimate of drug-likeness (QED) is 0.868. The minimum Gasteiger partial charge on any atom is -0.497 e. The van der Waals surface area contributed by atoms with Crippen molar-refractivity contribution < 1.29 is 23.1 Å². The zero-order chi connectivity index (χ0) is 14.9. The summed E-state index contributed by atoms with van der Waals surface area (Å²) in [5.74, 6) is -1.73. The first kappa shape index (κ1) is 14.3. The van der Waals surface area contributed by atoms with Gasteiger partial charge in [-0.15, -0.1) is 4.40 Å². The Kier molecular flexibility index (Phi) is 3.67. The van der Waals surface area contributed by atoms with Gasteiger partial charge in [0.05, 0.1) is 12.8 Å². The highest BCUT2D eigenvalue weighted by molar-refractivity contribution is 7.90. The van der Waals surface area contributed by atoms with Crippen LogP contribution in [0.4, 0.5) is 5.69 Å². The van der Waals surface area contributed by atoms with Gasteiger partial charge in [-0.1, -0.05) is 6.92 Å². The number of fused-ring (bicyclic) bond motifs is 1. The van der Waals surface area contributed by atoms with Crippen molar-refractivity contribution >= 4 is 27.5 Å². The molecule has 1 unspecified atom stereocenters. The molecule has 0 aliphatic carbocycles. The highest BCUT2D eigenvalue weighted by Crippen LogP contribution is 2.32. The van der Waals surface area contributed by atoms with Crippen LogP contribution < -0.4 is 10.1 Å². The number of carboxylic acids is 1. The number of nitrogens with zero attached hydrogens (tertiary/aromatic N) is 1. The third-order valence-corrected chi connectivity index (χ3v) is 4.33. The van der Waals surface area contributed by atoms with E-state index >= 15 is 0 Å². The highest BCUT2D eigenvalue weighted by Gasteiger charge is 2.31. The van der Waals surface area contributed by atoms with E-state index in [0.717, 1.165) is 0 Å². The predicted molar refractivity (Wildman–Crippen MR) is 72.7 cm³/mol. The summed E-state index contributed by atoms with van der Waals surface area (Å²) in [6.07, 6.45) is 0.232. The van der Waals surface area contributed by atoms with E-state index in [-0.39, 0.29) is 22.8 Å². The van der Waals surface area contributed by atoms with Gasteiger partial charge in [0.15, 0.2) is 0 Å². The Hall–Kier alpha value is -2.09. The lowest BCUT2D eigenvalue weighted by Crippen LogP contribution is -2.33. The van der Waals surface area contributed by atoms with Gasteiger partial charge in [-0.2, -0.15) is 8.42 Å². The number of rotatable bonds is 4. The Morgan fingerprint density at radius 1 is 1.50 bits per heavy atom. The predicted octanol–water partition coefficient (Wildman–Crippen LogP) is 1.32. The van der Waals surface area contributed by atoms with Crippen LogP contribution in [0.2, 0.25) is 0 Å². The van der Waals surface area contributed by atoms with Crippen molar-refractivity contribution in [1.29, 1.82) is 0 Å². The minimum atomic E-state index is -3.90. The summed E-state index contributed by atoms with van der Waals surface area (Å²) in [5.41, 5.74) is 0.272. The van der Waals surface area contributed by atoms with Crippen molar-refractivity contribution in [2.75, 3.05) is 12.4 Å². The molecule has 0 saturated heterocycles. The topological polar surface area (TPSA) is 105 Å². The van der Waals surface area contributed by atoms with E-state index in [2.05, 4.69) is 9.71 Å². The monoisotopic (exact) mass is 298 g/mol. The number of nitrogens with one attached hydrogen (secondary N) is 1. The van der Waals surface area contributed by atoms with E-state index in [9.17, 15) is 13.2 Å². The number of hydrogen-bond acceptors (Lipinski definition) is 5. The van der Waals surface area contributed by atoms with Crippen LogP contribution in [0.5, 0.6) is 5.75 Å². The normalized spacial score (nSPS) is 17.4. The Morgan fingerprint density at radius 2 is 2.20 bits per heavy atom. The number of methoxy groups -OCH3 is 1. The van der Waals surface area contributed by atoms with Gasteiger partial charge in [-0.25, -0.2) is 0 Å². The van der Waals surface area contributed by atoms with Gasteiger partial charge in [0.2, 0.25) is 0 Å². The fraction of sp³-hybridized carbons (Fsp3) is 0.333. The number of carboxylic acid groups (broad SMARTS) is 1. The largest absolute Gasteiger partial charge is 0.497 e. The van der Waals surface area contributed by atoms with E-state index in [1.165, 1.54) is 25.3 Å². The van der Waals surface area contributed by atoms with Crippen molar-refractivity contribution in [3.63, 3.8) is 0 Å². The van der Waals surface area contributed by atoms with Crippen LogP contribution in [0.15, 0.2) is 27.5 Å². The average Bonchev–Trinajstić information content (AvgIpc) is 2.37. The van der Waals surface area contributed by atoms with E-state index < -0.39 is 21.9 Å². The Labute approximate surface area is 116 Å². The third kappa shape index (κ3) is 2.46. The lowest BCUT2D eigenvalue weighted by molar-refractivity contribution is -0.139. The summed E-state index contributed by atoms with van der Waals surface area (Å²) in [6, 6.07) is 4.38. The molecule has 1 aliphatic rings. The van der Waals surface area contributed by atoms with Crippen LogP contribution in [0.25, 0.3) is 0 Å². The molecule has 0 bridgehead atoms. The Bertz CT molecular complexity index is 681. The van der Waals surface area contributed by atoms with E-state index in [1.807, 2.05) is 0 Å². The number of benzene rings is 1. The molecular weight excluding hydrogens is 284 g/mol. The molecular formula is C12H14N2O5S.